The number of ether oxygens (including phenoxy) is 1. The number of tetrazole rings is 1. The highest BCUT2D eigenvalue weighted by atomic mass is 32.2. The lowest BCUT2D eigenvalue weighted by Crippen LogP contribution is -2.29. The minimum Gasteiger partial charge on any atom is -0.492 e. The number of rotatable bonds is 8. The highest BCUT2D eigenvalue weighted by Crippen LogP contribution is 2.18. The molecule has 0 spiro atoms. The van der Waals surface area contributed by atoms with Crippen LogP contribution in [0.2, 0.25) is 0 Å². The largest absolute Gasteiger partial charge is 0.492 e. The van der Waals surface area contributed by atoms with E-state index in [2.05, 4.69) is 20.8 Å². The molecule has 0 saturated carbocycles. The molecule has 0 unspecified atom stereocenters. The van der Waals surface area contributed by atoms with Gasteiger partial charge in [0, 0.05) is 0 Å². The highest BCUT2D eigenvalue weighted by Gasteiger charge is 2.11. The van der Waals surface area contributed by atoms with Gasteiger partial charge in [-0.05, 0) is 41.6 Å². The number of benzene rings is 2. The van der Waals surface area contributed by atoms with Crippen molar-refractivity contribution in [3.63, 3.8) is 0 Å². The first-order chi connectivity index (χ1) is 12.7. The van der Waals surface area contributed by atoms with Crippen LogP contribution >= 0.6 is 11.8 Å². The number of thioether (sulfide) groups is 1. The van der Waals surface area contributed by atoms with Crippen molar-refractivity contribution in [3.05, 3.63) is 60.2 Å². The van der Waals surface area contributed by atoms with Gasteiger partial charge >= 0.3 is 0 Å². The number of hydrogen-bond acceptors (Lipinski definition) is 6. The molecule has 3 aromatic rings. The molecule has 1 heterocycles. The smallest absolute Gasteiger partial charge is 0.230 e. The van der Waals surface area contributed by atoms with Crippen molar-refractivity contribution < 1.29 is 9.53 Å². The minimum atomic E-state index is -0.0925. The van der Waals surface area contributed by atoms with Crippen molar-refractivity contribution in [2.45, 2.75) is 12.1 Å². The van der Waals surface area contributed by atoms with Crippen LogP contribution in [0.1, 0.15) is 5.56 Å². The Morgan fingerprint density at radius 1 is 1.15 bits per heavy atom. The Labute approximate surface area is 155 Å². The third-order valence-corrected chi connectivity index (χ3v) is 4.41. The van der Waals surface area contributed by atoms with Crippen LogP contribution in [0.4, 0.5) is 0 Å². The fourth-order valence-corrected chi connectivity index (χ4v) is 2.89. The molecule has 26 heavy (non-hydrogen) atoms. The second-order valence-corrected chi connectivity index (χ2v) is 6.45. The lowest BCUT2D eigenvalue weighted by Gasteiger charge is -2.07. The van der Waals surface area contributed by atoms with Crippen molar-refractivity contribution in [2.24, 2.45) is 0 Å². The first-order valence-corrected chi connectivity index (χ1v) is 9.14. The van der Waals surface area contributed by atoms with Gasteiger partial charge in [0.15, 0.2) is 0 Å². The van der Waals surface area contributed by atoms with Crippen molar-refractivity contribution in [1.29, 1.82) is 0 Å². The van der Waals surface area contributed by atoms with Crippen molar-refractivity contribution >= 4 is 17.7 Å². The molecule has 0 fully saturated rings. The van der Waals surface area contributed by atoms with Gasteiger partial charge < -0.3 is 10.1 Å². The molecule has 0 radical (unpaired) electrons. The highest BCUT2D eigenvalue weighted by molar-refractivity contribution is 7.99. The molecule has 1 amide bonds. The molecule has 1 N–H and O–H groups in total. The molecule has 3 rings (SSSR count). The van der Waals surface area contributed by atoms with Crippen LogP contribution in [0.5, 0.6) is 5.75 Å². The average molecular weight is 369 g/mol. The van der Waals surface area contributed by atoms with Gasteiger partial charge in [-0.25, -0.2) is 0 Å². The molecule has 0 aliphatic carbocycles. The zero-order valence-corrected chi connectivity index (χ0v) is 15.1. The van der Waals surface area contributed by atoms with Gasteiger partial charge in [-0.3, -0.25) is 4.79 Å². The molecule has 134 valence electrons. The Bertz CT molecular complexity index is 836. The number of hydrogen-bond donors (Lipinski definition) is 1. The van der Waals surface area contributed by atoms with Gasteiger partial charge in [0.2, 0.25) is 11.1 Å². The van der Waals surface area contributed by atoms with E-state index in [1.165, 1.54) is 11.8 Å². The molecule has 0 aliphatic heterocycles. The van der Waals surface area contributed by atoms with E-state index < -0.39 is 0 Å². The van der Waals surface area contributed by atoms with Gasteiger partial charge in [0.05, 0.1) is 18.0 Å². The molecular weight excluding hydrogens is 350 g/mol. The average Bonchev–Trinajstić information content (AvgIpc) is 3.14. The number of para-hydroxylation sites is 1. The topological polar surface area (TPSA) is 81.9 Å². The SMILES string of the molecule is Cc1ccc(-n2nnnc2SCC(=O)NCCOc2ccccc2)cc1. The molecule has 8 heteroatoms. The quantitative estimate of drug-likeness (QED) is 0.484. The monoisotopic (exact) mass is 369 g/mol. The summed E-state index contributed by atoms with van der Waals surface area (Å²) in [7, 11) is 0. The van der Waals surface area contributed by atoms with E-state index in [0.717, 1.165) is 17.0 Å². The van der Waals surface area contributed by atoms with Gasteiger partial charge in [-0.1, -0.05) is 47.7 Å². The van der Waals surface area contributed by atoms with Crippen LogP contribution < -0.4 is 10.1 Å². The van der Waals surface area contributed by atoms with Crippen LogP contribution in [0, 0.1) is 6.92 Å². The number of carbonyl (C=O) groups excluding carboxylic acids is 1. The van der Waals surface area contributed by atoms with Gasteiger partial charge in [-0.15, -0.1) is 5.10 Å². The van der Waals surface area contributed by atoms with E-state index in [4.69, 9.17) is 4.74 Å². The summed E-state index contributed by atoms with van der Waals surface area (Å²) >= 11 is 1.29. The second-order valence-electron chi connectivity index (χ2n) is 5.51. The Morgan fingerprint density at radius 3 is 2.69 bits per heavy atom. The molecule has 0 atom stereocenters. The number of carbonyl (C=O) groups is 1. The third-order valence-electron chi connectivity index (χ3n) is 3.49. The molecule has 0 bridgehead atoms. The fourth-order valence-electron chi connectivity index (χ4n) is 2.17. The van der Waals surface area contributed by atoms with Crippen molar-refractivity contribution in [3.8, 4) is 11.4 Å². The fraction of sp³-hybridized carbons (Fsp3) is 0.222. The van der Waals surface area contributed by atoms with Gasteiger partial charge in [-0.2, -0.15) is 4.68 Å². The minimum absolute atomic E-state index is 0.0925. The Hall–Kier alpha value is -2.87. The Balaban J connectivity index is 1.43. The van der Waals surface area contributed by atoms with E-state index in [9.17, 15) is 4.79 Å². The summed E-state index contributed by atoms with van der Waals surface area (Å²) in [5.41, 5.74) is 2.02. The lowest BCUT2D eigenvalue weighted by atomic mass is 10.2. The van der Waals surface area contributed by atoms with E-state index in [1.807, 2.05) is 61.5 Å². The van der Waals surface area contributed by atoms with Crippen LogP contribution in [-0.2, 0) is 4.79 Å². The van der Waals surface area contributed by atoms with Gasteiger partial charge in [0.25, 0.3) is 0 Å². The summed E-state index contributed by atoms with van der Waals surface area (Å²) in [4.78, 5) is 12.0. The summed E-state index contributed by atoms with van der Waals surface area (Å²) in [6.45, 7) is 2.88. The normalized spacial score (nSPS) is 10.5. The maximum Gasteiger partial charge on any atom is 0.230 e. The van der Waals surface area contributed by atoms with Crippen LogP contribution in [-0.4, -0.2) is 45.0 Å². The Morgan fingerprint density at radius 2 is 1.92 bits per heavy atom. The number of aromatic nitrogens is 4. The maximum absolute atomic E-state index is 12.0. The molecule has 1 aromatic heterocycles. The Kier molecular flexibility index (Phi) is 6.21. The molecule has 0 aliphatic rings. The summed E-state index contributed by atoms with van der Waals surface area (Å²) in [6.07, 6.45) is 0. The molecule has 2 aromatic carbocycles. The summed E-state index contributed by atoms with van der Waals surface area (Å²) in [5, 5.41) is 15.1. The predicted octanol–water partition coefficient (Wildman–Crippen LogP) is 2.26. The second kappa shape index (κ2) is 9.00. The van der Waals surface area contributed by atoms with Crippen LogP contribution in [0.15, 0.2) is 59.8 Å². The molecule has 0 saturated heterocycles. The summed E-state index contributed by atoms with van der Waals surface area (Å²) < 4.78 is 7.16. The zero-order chi connectivity index (χ0) is 18.2. The lowest BCUT2D eigenvalue weighted by molar-refractivity contribution is -0.118. The van der Waals surface area contributed by atoms with E-state index in [0.29, 0.717) is 18.3 Å². The molecular formula is C18H19N5O2S. The predicted molar refractivity (Wildman–Crippen MR) is 99.6 cm³/mol. The van der Waals surface area contributed by atoms with Crippen LogP contribution in [0.3, 0.4) is 0 Å². The number of nitrogens with zero attached hydrogens (tertiary/aromatic N) is 4. The van der Waals surface area contributed by atoms with E-state index >= 15 is 0 Å². The number of amides is 1. The van der Waals surface area contributed by atoms with Crippen LogP contribution in [0.25, 0.3) is 5.69 Å². The summed E-state index contributed by atoms with van der Waals surface area (Å²) in [6, 6.07) is 17.4. The van der Waals surface area contributed by atoms with Crippen molar-refractivity contribution in [1.82, 2.24) is 25.5 Å². The van der Waals surface area contributed by atoms with E-state index in [-0.39, 0.29) is 11.7 Å². The number of nitrogens with one attached hydrogen (secondary N) is 1. The van der Waals surface area contributed by atoms with Gasteiger partial charge in [0.1, 0.15) is 12.4 Å². The molecule has 7 nitrogen and oxygen atoms in total. The third kappa shape index (κ3) is 5.06. The maximum atomic E-state index is 12.0. The van der Waals surface area contributed by atoms with Crippen molar-refractivity contribution in [2.75, 3.05) is 18.9 Å². The van der Waals surface area contributed by atoms with E-state index in [1.54, 1.807) is 4.68 Å². The zero-order valence-electron chi connectivity index (χ0n) is 14.3. The number of aryl methyl sites for hydroxylation is 1. The standard InChI is InChI=1S/C18H19N5O2S/c1-14-7-9-15(10-8-14)23-18(20-21-22-23)26-13-17(24)19-11-12-25-16-5-3-2-4-6-16/h2-10H,11-13H2,1H3,(H,19,24). The first-order valence-electron chi connectivity index (χ1n) is 8.15. The summed E-state index contributed by atoms with van der Waals surface area (Å²) in [5.74, 6) is 0.927. The first kappa shape index (κ1) is 17.9.